The Kier molecular flexibility index (Phi) is 4.71. The van der Waals surface area contributed by atoms with E-state index in [4.69, 9.17) is 11.6 Å². The highest BCUT2D eigenvalue weighted by Gasteiger charge is 2.20. The first kappa shape index (κ1) is 16.3. The summed E-state index contributed by atoms with van der Waals surface area (Å²) >= 11 is 6.14. The number of nitrogens with zero attached hydrogens (tertiary/aromatic N) is 2. The van der Waals surface area contributed by atoms with Crippen LogP contribution in [0.15, 0.2) is 41.4 Å². The van der Waals surface area contributed by atoms with Gasteiger partial charge in [-0.2, -0.15) is 0 Å². The van der Waals surface area contributed by atoms with Crippen LogP contribution < -0.4 is 0 Å². The Balaban J connectivity index is 2.05. The van der Waals surface area contributed by atoms with Crippen molar-refractivity contribution in [2.45, 2.75) is 19.3 Å². The minimum atomic E-state index is -0.466. The lowest BCUT2D eigenvalue weighted by molar-refractivity contribution is -0.462. The molecule has 0 fully saturated rings. The molecule has 5 nitrogen and oxygen atoms in total. The molecule has 6 heteroatoms. The van der Waals surface area contributed by atoms with E-state index in [0.29, 0.717) is 21.8 Å². The summed E-state index contributed by atoms with van der Waals surface area (Å²) < 4.78 is 0. The highest BCUT2D eigenvalue weighted by molar-refractivity contribution is 6.35. The number of halogens is 1. The summed E-state index contributed by atoms with van der Waals surface area (Å²) in [6.45, 7) is -0.378. The lowest BCUT2D eigenvalue weighted by Crippen LogP contribution is -2.05. The number of hydrogen-bond donors (Lipinski definition) is 0. The van der Waals surface area contributed by atoms with E-state index in [1.165, 1.54) is 6.21 Å². The van der Waals surface area contributed by atoms with Gasteiger partial charge >= 0.3 is 0 Å². The summed E-state index contributed by atoms with van der Waals surface area (Å²) in [7, 11) is 0. The van der Waals surface area contributed by atoms with Crippen molar-refractivity contribution >= 4 is 29.3 Å². The van der Waals surface area contributed by atoms with Gasteiger partial charge in [-0.1, -0.05) is 23.7 Å². The van der Waals surface area contributed by atoms with Crippen LogP contribution in [-0.2, 0) is 12.8 Å². The summed E-state index contributed by atoms with van der Waals surface area (Å²) in [5.74, 6) is -0.219. The Labute approximate surface area is 144 Å². The maximum absolute atomic E-state index is 12.9. The minimum absolute atomic E-state index is 0.219. The number of benzene rings is 2. The molecule has 0 saturated heterocycles. The summed E-state index contributed by atoms with van der Waals surface area (Å²) in [6.07, 6.45) is 4.13. The van der Waals surface area contributed by atoms with Gasteiger partial charge < -0.3 is 0 Å². The molecule has 0 aromatic heterocycles. The molecule has 24 heavy (non-hydrogen) atoms. The SMILES string of the molecule is O=C(c1ccccc1Cl)c1cc2c(cc1N=CC[N+](=O)[O-])CCC2. The van der Waals surface area contributed by atoms with E-state index in [1.807, 2.05) is 12.1 Å². The first-order valence-electron chi connectivity index (χ1n) is 7.65. The van der Waals surface area contributed by atoms with Crippen LogP contribution in [0, 0.1) is 10.1 Å². The van der Waals surface area contributed by atoms with Gasteiger partial charge in [0.15, 0.2) is 5.78 Å². The molecular weight excluding hydrogens is 328 g/mol. The maximum Gasteiger partial charge on any atom is 0.238 e. The van der Waals surface area contributed by atoms with E-state index in [1.54, 1.807) is 24.3 Å². The van der Waals surface area contributed by atoms with Gasteiger partial charge in [0.05, 0.1) is 16.9 Å². The van der Waals surface area contributed by atoms with Crippen molar-refractivity contribution in [2.24, 2.45) is 4.99 Å². The quantitative estimate of drug-likeness (QED) is 0.356. The lowest BCUT2D eigenvalue weighted by atomic mass is 9.97. The van der Waals surface area contributed by atoms with Gasteiger partial charge in [0.2, 0.25) is 6.54 Å². The molecule has 2 aromatic carbocycles. The van der Waals surface area contributed by atoms with E-state index in [9.17, 15) is 14.9 Å². The van der Waals surface area contributed by atoms with E-state index < -0.39 is 4.92 Å². The Bertz CT molecular complexity index is 846. The molecule has 0 atom stereocenters. The molecule has 0 bridgehead atoms. The third kappa shape index (κ3) is 3.36. The van der Waals surface area contributed by atoms with Crippen LogP contribution in [0.25, 0.3) is 0 Å². The van der Waals surface area contributed by atoms with Crippen LogP contribution in [-0.4, -0.2) is 23.5 Å². The molecule has 2 aromatic rings. The van der Waals surface area contributed by atoms with Crippen molar-refractivity contribution in [1.29, 1.82) is 0 Å². The Morgan fingerprint density at radius 1 is 1.21 bits per heavy atom. The highest BCUT2D eigenvalue weighted by atomic mass is 35.5. The predicted octanol–water partition coefficient (Wildman–Crippen LogP) is 4.04. The van der Waals surface area contributed by atoms with Crippen molar-refractivity contribution in [3.8, 4) is 0 Å². The van der Waals surface area contributed by atoms with Gasteiger partial charge in [-0.15, -0.1) is 0 Å². The predicted molar refractivity (Wildman–Crippen MR) is 93.4 cm³/mol. The molecule has 0 amide bonds. The number of fused-ring (bicyclic) bond motifs is 1. The number of hydrogen-bond acceptors (Lipinski definition) is 4. The molecule has 0 aliphatic heterocycles. The van der Waals surface area contributed by atoms with E-state index >= 15 is 0 Å². The molecule has 0 unspecified atom stereocenters. The lowest BCUT2D eigenvalue weighted by Gasteiger charge is -2.10. The second kappa shape index (κ2) is 6.93. The van der Waals surface area contributed by atoms with Crippen molar-refractivity contribution < 1.29 is 9.72 Å². The van der Waals surface area contributed by atoms with Crippen LogP contribution in [0.5, 0.6) is 0 Å². The van der Waals surface area contributed by atoms with Crippen molar-refractivity contribution in [1.82, 2.24) is 0 Å². The molecule has 3 rings (SSSR count). The average Bonchev–Trinajstić information content (AvgIpc) is 3.01. The van der Waals surface area contributed by atoms with Crippen LogP contribution in [0.3, 0.4) is 0 Å². The Morgan fingerprint density at radius 3 is 2.62 bits per heavy atom. The van der Waals surface area contributed by atoms with Gasteiger partial charge in [-0.3, -0.25) is 19.9 Å². The van der Waals surface area contributed by atoms with E-state index in [-0.39, 0.29) is 12.3 Å². The molecular formula is C18H15ClN2O3. The van der Waals surface area contributed by atoms with Crippen LogP contribution in [0.4, 0.5) is 5.69 Å². The van der Waals surface area contributed by atoms with Gasteiger partial charge in [-0.25, -0.2) is 0 Å². The van der Waals surface area contributed by atoms with Crippen molar-refractivity contribution in [3.63, 3.8) is 0 Å². The molecule has 0 saturated carbocycles. The van der Waals surface area contributed by atoms with E-state index in [2.05, 4.69) is 4.99 Å². The first-order valence-corrected chi connectivity index (χ1v) is 8.03. The normalized spacial score (nSPS) is 13.2. The number of carbonyl (C=O) groups excluding carboxylic acids is 1. The fraction of sp³-hybridized carbons (Fsp3) is 0.222. The molecule has 0 radical (unpaired) electrons. The molecule has 0 N–H and O–H groups in total. The van der Waals surface area contributed by atoms with Gasteiger partial charge in [-0.05, 0) is 54.7 Å². The van der Waals surface area contributed by atoms with Crippen molar-refractivity contribution in [2.75, 3.05) is 6.54 Å². The fourth-order valence-electron chi connectivity index (χ4n) is 2.90. The summed E-state index contributed by atoms with van der Waals surface area (Å²) in [5, 5.41) is 10.9. The second-order valence-corrected chi connectivity index (χ2v) is 6.03. The smallest absolute Gasteiger partial charge is 0.238 e. The third-order valence-electron chi connectivity index (χ3n) is 4.03. The Morgan fingerprint density at radius 2 is 1.92 bits per heavy atom. The molecule has 122 valence electrons. The second-order valence-electron chi connectivity index (χ2n) is 5.63. The molecule has 0 heterocycles. The van der Waals surface area contributed by atoms with Gasteiger partial charge in [0, 0.05) is 16.1 Å². The average molecular weight is 343 g/mol. The number of rotatable bonds is 5. The highest BCUT2D eigenvalue weighted by Crippen LogP contribution is 2.32. The van der Waals surface area contributed by atoms with Gasteiger partial charge in [0.1, 0.15) is 0 Å². The topological polar surface area (TPSA) is 72.6 Å². The number of nitro groups is 1. The fourth-order valence-corrected chi connectivity index (χ4v) is 3.12. The molecule has 1 aliphatic rings. The zero-order chi connectivity index (χ0) is 17.1. The third-order valence-corrected chi connectivity index (χ3v) is 4.36. The maximum atomic E-state index is 12.9. The summed E-state index contributed by atoms with van der Waals surface area (Å²) in [6, 6.07) is 10.6. The minimum Gasteiger partial charge on any atom is -0.288 e. The number of aryl methyl sites for hydroxylation is 2. The number of aliphatic imine (C=N–C) groups is 1. The summed E-state index contributed by atoms with van der Waals surface area (Å²) in [4.78, 5) is 27.1. The number of ketones is 1. The monoisotopic (exact) mass is 342 g/mol. The van der Waals surface area contributed by atoms with Crippen LogP contribution >= 0.6 is 11.6 Å². The standard InChI is InChI=1S/C18H15ClN2O3/c19-16-7-2-1-6-14(16)18(22)15-10-12-4-3-5-13(12)11-17(15)20-8-9-21(23)24/h1-2,6-8,10-11H,3-5,9H2. The zero-order valence-corrected chi connectivity index (χ0v) is 13.6. The van der Waals surface area contributed by atoms with Gasteiger partial charge in [0.25, 0.3) is 0 Å². The van der Waals surface area contributed by atoms with Crippen LogP contribution in [0.1, 0.15) is 33.5 Å². The largest absolute Gasteiger partial charge is 0.288 e. The van der Waals surface area contributed by atoms with Crippen LogP contribution in [0.2, 0.25) is 5.02 Å². The van der Waals surface area contributed by atoms with E-state index in [0.717, 1.165) is 30.4 Å². The zero-order valence-electron chi connectivity index (χ0n) is 12.9. The molecule has 0 spiro atoms. The molecule has 1 aliphatic carbocycles. The summed E-state index contributed by atoms with van der Waals surface area (Å²) in [5.41, 5.74) is 3.59. The number of carbonyl (C=O) groups is 1. The first-order chi connectivity index (χ1) is 11.6. The van der Waals surface area contributed by atoms with Crippen molar-refractivity contribution in [3.05, 3.63) is 73.8 Å². The Hall–Kier alpha value is -2.53.